The summed E-state index contributed by atoms with van der Waals surface area (Å²) in [6.07, 6.45) is 1.73. The topological polar surface area (TPSA) is 131 Å². The first-order chi connectivity index (χ1) is 11.7. The smallest absolute Gasteiger partial charge is 0.340 e. The van der Waals surface area contributed by atoms with Gasteiger partial charge in [-0.2, -0.15) is 0 Å². The highest BCUT2D eigenvalue weighted by Crippen LogP contribution is 2.17. The number of carbonyl (C=O) groups is 3. The van der Waals surface area contributed by atoms with Crippen LogP contribution in [0.3, 0.4) is 0 Å². The van der Waals surface area contributed by atoms with Crippen LogP contribution in [0.15, 0.2) is 24.3 Å². The molecule has 1 rings (SSSR count). The highest BCUT2D eigenvalue weighted by atomic mass is 32.2. The zero-order valence-electron chi connectivity index (χ0n) is 14.0. The zero-order valence-corrected chi connectivity index (χ0v) is 14.8. The lowest BCUT2D eigenvalue weighted by Gasteiger charge is -2.10. The van der Waals surface area contributed by atoms with Crippen molar-refractivity contribution in [2.75, 3.05) is 30.7 Å². The molecule has 0 fully saturated rings. The Kier molecular flexibility index (Phi) is 7.86. The summed E-state index contributed by atoms with van der Waals surface area (Å²) in [7, 11) is -3.57. The predicted molar refractivity (Wildman–Crippen MR) is 91.5 cm³/mol. The van der Waals surface area contributed by atoms with E-state index in [1.165, 1.54) is 18.2 Å². The minimum Gasteiger partial charge on any atom is -0.452 e. The second kappa shape index (κ2) is 9.62. The Bertz CT molecular complexity index is 733. The first kappa shape index (κ1) is 20.4. The zero-order chi connectivity index (χ0) is 18.9. The fraction of sp³-hybridized carbons (Fsp3) is 0.400. The summed E-state index contributed by atoms with van der Waals surface area (Å²) in [6.45, 7) is 1.60. The molecule has 3 N–H and O–H groups in total. The average Bonchev–Trinajstić information content (AvgIpc) is 2.55. The van der Waals surface area contributed by atoms with E-state index >= 15 is 0 Å². The van der Waals surface area contributed by atoms with E-state index in [1.807, 2.05) is 6.92 Å². The van der Waals surface area contributed by atoms with Crippen LogP contribution in [0.1, 0.15) is 23.7 Å². The van der Waals surface area contributed by atoms with Crippen molar-refractivity contribution in [3.63, 3.8) is 0 Å². The summed E-state index contributed by atoms with van der Waals surface area (Å²) in [5, 5.41) is 4.89. The normalized spacial score (nSPS) is 10.6. The minimum atomic E-state index is -3.57. The van der Waals surface area contributed by atoms with Crippen LogP contribution in [0.4, 0.5) is 5.69 Å². The number of esters is 1. The van der Waals surface area contributed by atoms with Crippen LogP contribution in [-0.4, -0.2) is 52.2 Å². The van der Waals surface area contributed by atoms with Gasteiger partial charge in [0.25, 0.3) is 5.91 Å². The Balaban J connectivity index is 2.54. The molecule has 0 heterocycles. The molecule has 0 aromatic heterocycles. The fourth-order valence-corrected chi connectivity index (χ4v) is 2.29. The molecule has 9 nitrogen and oxygen atoms in total. The van der Waals surface area contributed by atoms with Crippen LogP contribution < -0.4 is 15.4 Å². The van der Waals surface area contributed by atoms with Gasteiger partial charge in [0, 0.05) is 6.54 Å². The quantitative estimate of drug-likeness (QED) is 0.518. The highest BCUT2D eigenvalue weighted by molar-refractivity contribution is 7.92. The maximum Gasteiger partial charge on any atom is 0.340 e. The Morgan fingerprint density at radius 3 is 2.40 bits per heavy atom. The van der Waals surface area contributed by atoms with Crippen LogP contribution in [0.25, 0.3) is 0 Å². The fourth-order valence-electron chi connectivity index (χ4n) is 1.72. The molecule has 0 spiro atoms. The molecule has 0 bridgehead atoms. The summed E-state index contributed by atoms with van der Waals surface area (Å²) in [6, 6.07) is 5.84. The molecule has 0 unspecified atom stereocenters. The van der Waals surface area contributed by atoms with Crippen LogP contribution in [0.2, 0.25) is 0 Å². The molecule has 1 aromatic rings. The minimum absolute atomic E-state index is 0.0265. The number of benzene rings is 1. The third-order valence-corrected chi connectivity index (χ3v) is 3.39. The Hall–Kier alpha value is -2.62. The summed E-state index contributed by atoms with van der Waals surface area (Å²) in [5.41, 5.74) is 0.0239. The summed E-state index contributed by atoms with van der Waals surface area (Å²) >= 11 is 0. The average molecular weight is 371 g/mol. The summed E-state index contributed by atoms with van der Waals surface area (Å²) in [5.74, 6) is -1.85. The summed E-state index contributed by atoms with van der Waals surface area (Å²) in [4.78, 5) is 35.0. The van der Waals surface area contributed by atoms with E-state index < -0.39 is 28.5 Å². The van der Waals surface area contributed by atoms with E-state index in [1.54, 1.807) is 6.07 Å². The first-order valence-electron chi connectivity index (χ1n) is 7.50. The SMILES string of the molecule is CCCNC(=O)CNC(=O)COC(=O)c1ccccc1NS(C)(=O)=O. The summed E-state index contributed by atoms with van der Waals surface area (Å²) < 4.78 is 29.6. The van der Waals surface area contributed by atoms with E-state index in [4.69, 9.17) is 4.74 Å². The largest absolute Gasteiger partial charge is 0.452 e. The van der Waals surface area contributed by atoms with Crippen molar-refractivity contribution in [1.82, 2.24) is 10.6 Å². The lowest BCUT2D eigenvalue weighted by atomic mass is 10.2. The van der Waals surface area contributed by atoms with Crippen molar-refractivity contribution in [2.24, 2.45) is 0 Å². The number of para-hydroxylation sites is 1. The van der Waals surface area contributed by atoms with Gasteiger partial charge >= 0.3 is 5.97 Å². The van der Waals surface area contributed by atoms with Crippen LogP contribution in [0.5, 0.6) is 0 Å². The maximum atomic E-state index is 12.0. The van der Waals surface area contributed by atoms with Gasteiger partial charge in [0.2, 0.25) is 15.9 Å². The Labute approximate surface area is 146 Å². The number of nitrogens with one attached hydrogen (secondary N) is 3. The van der Waals surface area contributed by atoms with Crippen molar-refractivity contribution in [2.45, 2.75) is 13.3 Å². The molecule has 10 heteroatoms. The molecule has 0 atom stereocenters. The molecule has 0 aliphatic rings. The third-order valence-electron chi connectivity index (χ3n) is 2.79. The molecule has 0 aliphatic heterocycles. The van der Waals surface area contributed by atoms with E-state index in [0.717, 1.165) is 12.7 Å². The number of hydrogen-bond acceptors (Lipinski definition) is 6. The molecule has 0 aliphatic carbocycles. The molecular weight excluding hydrogens is 350 g/mol. The van der Waals surface area contributed by atoms with E-state index in [2.05, 4.69) is 15.4 Å². The van der Waals surface area contributed by atoms with Crippen LogP contribution in [-0.2, 0) is 24.3 Å². The number of rotatable bonds is 9. The van der Waals surface area contributed by atoms with Crippen molar-refractivity contribution in [3.05, 3.63) is 29.8 Å². The van der Waals surface area contributed by atoms with Crippen LogP contribution >= 0.6 is 0 Å². The lowest BCUT2D eigenvalue weighted by molar-refractivity contribution is -0.127. The Morgan fingerprint density at radius 1 is 1.08 bits per heavy atom. The van der Waals surface area contributed by atoms with Gasteiger partial charge in [-0.25, -0.2) is 13.2 Å². The molecular formula is C15H21N3O6S. The van der Waals surface area contributed by atoms with Gasteiger partial charge in [0.15, 0.2) is 6.61 Å². The number of carbonyl (C=O) groups excluding carboxylic acids is 3. The molecule has 25 heavy (non-hydrogen) atoms. The van der Waals surface area contributed by atoms with Gasteiger partial charge in [-0.3, -0.25) is 14.3 Å². The molecule has 0 radical (unpaired) electrons. The number of amides is 2. The van der Waals surface area contributed by atoms with Crippen molar-refractivity contribution in [1.29, 1.82) is 0 Å². The van der Waals surface area contributed by atoms with Gasteiger partial charge < -0.3 is 15.4 Å². The van der Waals surface area contributed by atoms with Crippen LogP contribution in [0, 0.1) is 0 Å². The van der Waals surface area contributed by atoms with E-state index in [-0.39, 0.29) is 23.7 Å². The molecule has 1 aromatic carbocycles. The molecule has 0 saturated carbocycles. The van der Waals surface area contributed by atoms with Crippen molar-refractivity contribution >= 4 is 33.5 Å². The second-order valence-electron chi connectivity index (χ2n) is 5.12. The second-order valence-corrected chi connectivity index (χ2v) is 6.87. The number of hydrogen-bond donors (Lipinski definition) is 3. The van der Waals surface area contributed by atoms with Gasteiger partial charge in [0.1, 0.15) is 0 Å². The molecule has 0 saturated heterocycles. The van der Waals surface area contributed by atoms with Gasteiger partial charge in [-0.15, -0.1) is 0 Å². The lowest BCUT2D eigenvalue weighted by Crippen LogP contribution is -2.38. The standard InChI is InChI=1S/C15H21N3O6S/c1-3-8-16-13(19)9-17-14(20)10-24-15(21)11-6-4-5-7-12(11)18-25(2,22)23/h4-7,18H,3,8-10H2,1-2H3,(H,16,19)(H,17,20). The van der Waals surface area contributed by atoms with E-state index in [9.17, 15) is 22.8 Å². The van der Waals surface area contributed by atoms with Crippen molar-refractivity contribution < 1.29 is 27.5 Å². The monoisotopic (exact) mass is 371 g/mol. The maximum absolute atomic E-state index is 12.0. The third kappa shape index (κ3) is 8.15. The Morgan fingerprint density at radius 2 is 1.76 bits per heavy atom. The number of anilines is 1. The molecule has 138 valence electrons. The van der Waals surface area contributed by atoms with Gasteiger partial charge in [-0.1, -0.05) is 19.1 Å². The van der Waals surface area contributed by atoms with E-state index in [0.29, 0.717) is 6.54 Å². The first-order valence-corrected chi connectivity index (χ1v) is 9.39. The van der Waals surface area contributed by atoms with Gasteiger partial charge in [0.05, 0.1) is 24.1 Å². The molecule has 2 amide bonds. The number of sulfonamides is 1. The number of ether oxygens (including phenoxy) is 1. The highest BCUT2D eigenvalue weighted by Gasteiger charge is 2.16. The van der Waals surface area contributed by atoms with Crippen molar-refractivity contribution in [3.8, 4) is 0 Å². The predicted octanol–water partition coefficient (Wildman–Crippen LogP) is -0.143. The van der Waals surface area contributed by atoms with Gasteiger partial charge in [-0.05, 0) is 18.6 Å².